The first-order valence-corrected chi connectivity index (χ1v) is 12.2. The summed E-state index contributed by atoms with van der Waals surface area (Å²) in [4.78, 5) is 28.8. The van der Waals surface area contributed by atoms with Crippen molar-refractivity contribution in [2.45, 2.75) is 25.9 Å². The summed E-state index contributed by atoms with van der Waals surface area (Å²) in [5, 5.41) is 23.3. The molecule has 1 amide bonds. The molecule has 0 aliphatic carbocycles. The number of aromatic nitrogens is 5. The Labute approximate surface area is 230 Å². The molecule has 0 saturated heterocycles. The molecule has 0 radical (unpaired) electrons. The van der Waals surface area contributed by atoms with Gasteiger partial charge in [0.15, 0.2) is 17.3 Å². The summed E-state index contributed by atoms with van der Waals surface area (Å²) in [5.41, 5.74) is 2.27. The van der Waals surface area contributed by atoms with Crippen LogP contribution in [0.2, 0.25) is 0 Å². The summed E-state index contributed by atoms with van der Waals surface area (Å²) >= 11 is 0. The Balaban J connectivity index is 1.25. The van der Waals surface area contributed by atoms with Gasteiger partial charge in [-0.25, -0.2) is 22.6 Å². The van der Waals surface area contributed by atoms with E-state index in [-0.39, 0.29) is 35.9 Å². The summed E-state index contributed by atoms with van der Waals surface area (Å²) in [5.74, 6) is -4.66. The number of carboxylic acid groups (broad SMARTS) is 1. The Morgan fingerprint density at radius 2 is 1.71 bits per heavy atom. The largest absolute Gasteiger partial charge is 0.480 e. The molecule has 0 fully saturated rings. The Hall–Kier alpha value is -5.33. The van der Waals surface area contributed by atoms with Gasteiger partial charge in [-0.3, -0.25) is 4.79 Å². The van der Waals surface area contributed by atoms with Gasteiger partial charge in [-0.2, -0.15) is 4.98 Å². The summed E-state index contributed by atoms with van der Waals surface area (Å²) in [6.07, 6.45) is 1.00. The third kappa shape index (κ3) is 6.30. The van der Waals surface area contributed by atoms with Gasteiger partial charge in [-0.15, -0.1) is 5.10 Å². The average Bonchev–Trinajstić information content (AvgIpc) is 3.61. The molecular formula is C28H21F3N6O4. The summed E-state index contributed by atoms with van der Waals surface area (Å²) in [7, 11) is 0. The van der Waals surface area contributed by atoms with E-state index in [4.69, 9.17) is 4.52 Å². The van der Waals surface area contributed by atoms with Crippen molar-refractivity contribution in [1.29, 1.82) is 0 Å². The van der Waals surface area contributed by atoms with Gasteiger partial charge in [0, 0.05) is 12.0 Å². The molecule has 13 heteroatoms. The van der Waals surface area contributed by atoms with E-state index >= 15 is 0 Å². The van der Waals surface area contributed by atoms with Gasteiger partial charge in [-0.05, 0) is 54.4 Å². The lowest BCUT2D eigenvalue weighted by Crippen LogP contribution is -2.42. The minimum absolute atomic E-state index is 0.00163. The number of hydrogen-bond donors (Lipinski definition) is 2. The Bertz CT molecular complexity index is 1740. The van der Waals surface area contributed by atoms with Gasteiger partial charge in [0.05, 0.1) is 18.3 Å². The highest BCUT2D eigenvalue weighted by molar-refractivity contribution is 5.94. The fourth-order valence-electron chi connectivity index (χ4n) is 3.99. The Kier molecular flexibility index (Phi) is 7.59. The fourth-order valence-corrected chi connectivity index (χ4v) is 3.99. The normalized spacial score (nSPS) is 11.8. The molecule has 1 unspecified atom stereocenters. The van der Waals surface area contributed by atoms with Gasteiger partial charge in [-0.1, -0.05) is 40.2 Å². The molecule has 0 bridgehead atoms. The number of rotatable bonds is 9. The number of carboxylic acids is 1. The molecule has 5 rings (SSSR count). The van der Waals surface area contributed by atoms with E-state index in [1.54, 1.807) is 12.1 Å². The maximum Gasteiger partial charge on any atom is 0.326 e. The first-order valence-electron chi connectivity index (χ1n) is 12.2. The van der Waals surface area contributed by atoms with E-state index in [9.17, 15) is 27.9 Å². The number of aliphatic carboxylic acids is 1. The molecule has 0 aliphatic heterocycles. The minimum Gasteiger partial charge on any atom is -0.480 e. The monoisotopic (exact) mass is 562 g/mol. The predicted octanol–water partition coefficient (Wildman–Crippen LogP) is 4.19. The van der Waals surface area contributed by atoms with Crippen LogP contribution in [-0.2, 0) is 17.8 Å². The second kappa shape index (κ2) is 11.4. The smallest absolute Gasteiger partial charge is 0.326 e. The maximum absolute atomic E-state index is 15.0. The van der Waals surface area contributed by atoms with Gasteiger partial charge in [0.1, 0.15) is 11.9 Å². The SMILES string of the molecule is Cc1ccc(-c2nc(-c3ccc(CC(NC(=O)c4cn(Cc5ccc(F)c(F)c5)nn4)C(=O)O)cc3F)no2)cc1. The third-order valence-electron chi connectivity index (χ3n) is 6.14. The van der Waals surface area contributed by atoms with Crippen molar-refractivity contribution in [3.05, 3.63) is 107 Å². The maximum atomic E-state index is 15.0. The van der Waals surface area contributed by atoms with Crippen LogP contribution in [0.3, 0.4) is 0 Å². The highest BCUT2D eigenvalue weighted by Gasteiger charge is 2.24. The van der Waals surface area contributed by atoms with Crippen molar-refractivity contribution in [3.63, 3.8) is 0 Å². The second-order valence-electron chi connectivity index (χ2n) is 9.22. The highest BCUT2D eigenvalue weighted by atomic mass is 19.2. The van der Waals surface area contributed by atoms with Crippen molar-refractivity contribution in [3.8, 4) is 22.8 Å². The van der Waals surface area contributed by atoms with Crippen LogP contribution in [0, 0.1) is 24.4 Å². The first-order chi connectivity index (χ1) is 19.7. The molecule has 2 heterocycles. The number of amides is 1. The minimum atomic E-state index is -1.41. The van der Waals surface area contributed by atoms with Crippen LogP contribution in [0.5, 0.6) is 0 Å². The van der Waals surface area contributed by atoms with Gasteiger partial charge in [0.25, 0.3) is 11.8 Å². The van der Waals surface area contributed by atoms with Crippen LogP contribution in [0.1, 0.15) is 27.2 Å². The van der Waals surface area contributed by atoms with E-state index < -0.39 is 35.4 Å². The molecule has 0 spiro atoms. The lowest BCUT2D eigenvalue weighted by molar-refractivity contribution is -0.139. The topological polar surface area (TPSA) is 136 Å². The molecule has 41 heavy (non-hydrogen) atoms. The van der Waals surface area contributed by atoms with E-state index in [0.717, 1.165) is 23.8 Å². The number of hydrogen-bond acceptors (Lipinski definition) is 7. The molecule has 208 valence electrons. The number of nitrogens with one attached hydrogen (secondary N) is 1. The first kappa shape index (κ1) is 27.2. The van der Waals surface area contributed by atoms with Crippen LogP contribution in [0.15, 0.2) is 71.4 Å². The molecule has 10 nitrogen and oxygen atoms in total. The summed E-state index contributed by atoms with van der Waals surface area (Å²) < 4.78 is 48.0. The van der Waals surface area contributed by atoms with Crippen LogP contribution < -0.4 is 5.32 Å². The molecule has 5 aromatic rings. The number of carbonyl (C=O) groups is 2. The molecule has 2 N–H and O–H groups in total. The van der Waals surface area contributed by atoms with Crippen LogP contribution >= 0.6 is 0 Å². The van der Waals surface area contributed by atoms with Gasteiger partial charge < -0.3 is 14.9 Å². The lowest BCUT2D eigenvalue weighted by Gasteiger charge is -2.14. The van der Waals surface area contributed by atoms with Crippen molar-refractivity contribution < 1.29 is 32.4 Å². The molecule has 2 aromatic heterocycles. The highest BCUT2D eigenvalue weighted by Crippen LogP contribution is 2.25. The third-order valence-corrected chi connectivity index (χ3v) is 6.14. The van der Waals surface area contributed by atoms with E-state index in [1.165, 1.54) is 29.1 Å². The quantitative estimate of drug-likeness (QED) is 0.273. The fraction of sp³-hybridized carbons (Fsp3) is 0.143. The molecule has 0 aliphatic rings. The van der Waals surface area contributed by atoms with Crippen molar-refractivity contribution in [1.82, 2.24) is 30.5 Å². The van der Waals surface area contributed by atoms with Crippen LogP contribution in [0.4, 0.5) is 13.2 Å². The predicted molar refractivity (Wildman–Crippen MR) is 138 cm³/mol. The number of benzene rings is 3. The van der Waals surface area contributed by atoms with Gasteiger partial charge in [0.2, 0.25) is 5.82 Å². The number of halogens is 3. The zero-order valence-corrected chi connectivity index (χ0v) is 21.4. The van der Waals surface area contributed by atoms with E-state index in [2.05, 4.69) is 25.8 Å². The number of nitrogens with zero attached hydrogens (tertiary/aromatic N) is 5. The Morgan fingerprint density at radius 1 is 0.976 bits per heavy atom. The Morgan fingerprint density at radius 3 is 2.41 bits per heavy atom. The van der Waals surface area contributed by atoms with Crippen LogP contribution in [0.25, 0.3) is 22.8 Å². The average molecular weight is 563 g/mol. The van der Waals surface area contributed by atoms with E-state index in [1.807, 2.05) is 19.1 Å². The summed E-state index contributed by atoms with van der Waals surface area (Å²) in [6, 6.07) is 13.3. The zero-order valence-electron chi connectivity index (χ0n) is 21.4. The number of aryl methyl sites for hydroxylation is 1. The van der Waals surface area contributed by atoms with Crippen molar-refractivity contribution >= 4 is 11.9 Å². The lowest BCUT2D eigenvalue weighted by atomic mass is 10.0. The zero-order chi connectivity index (χ0) is 29.1. The molecule has 0 saturated carbocycles. The number of carbonyl (C=O) groups excluding carboxylic acids is 1. The molecule has 3 aromatic carbocycles. The summed E-state index contributed by atoms with van der Waals surface area (Å²) in [6.45, 7) is 1.94. The molecular weight excluding hydrogens is 541 g/mol. The van der Waals surface area contributed by atoms with Gasteiger partial charge >= 0.3 is 5.97 Å². The van der Waals surface area contributed by atoms with Crippen LogP contribution in [-0.4, -0.2) is 48.2 Å². The van der Waals surface area contributed by atoms with Crippen molar-refractivity contribution in [2.24, 2.45) is 0 Å². The van der Waals surface area contributed by atoms with Crippen molar-refractivity contribution in [2.75, 3.05) is 0 Å². The molecule has 1 atom stereocenters. The van der Waals surface area contributed by atoms with E-state index in [0.29, 0.717) is 16.7 Å². The standard InChI is InChI=1S/C28H21F3N6O4/c1-15-2-6-18(7-3-15)27-33-25(35-41-27)19-8-4-16(10-21(19)30)12-23(28(39)40)32-26(38)24-14-37(36-34-24)13-17-5-9-20(29)22(31)11-17/h2-11,14,23H,12-13H2,1H3,(H,32,38)(H,39,40). The second-order valence-corrected chi connectivity index (χ2v) is 9.22.